The molecule has 100 valence electrons. The van der Waals surface area contributed by atoms with E-state index in [4.69, 9.17) is 23.1 Å². The summed E-state index contributed by atoms with van der Waals surface area (Å²) in [4.78, 5) is 8.46. The minimum Gasteiger partial charge on any atom is -0.383 e. The van der Waals surface area contributed by atoms with Crippen molar-refractivity contribution in [3.8, 4) is 0 Å². The maximum absolute atomic E-state index is 5.95. The average molecular weight is 295 g/mol. The van der Waals surface area contributed by atoms with Crippen LogP contribution < -0.4 is 11.5 Å². The van der Waals surface area contributed by atoms with Gasteiger partial charge in [-0.25, -0.2) is 9.97 Å². The first-order valence-electron chi connectivity index (χ1n) is 5.81. The van der Waals surface area contributed by atoms with Crippen molar-refractivity contribution in [2.45, 2.75) is 18.6 Å². The Balaban J connectivity index is 2.32. The summed E-state index contributed by atoms with van der Waals surface area (Å²) < 4.78 is 0. The topological polar surface area (TPSA) is 77.8 Å². The molecule has 0 bridgehead atoms. The number of rotatable bonds is 3. The van der Waals surface area contributed by atoms with Crippen molar-refractivity contribution in [1.82, 2.24) is 9.97 Å². The summed E-state index contributed by atoms with van der Waals surface area (Å²) in [7, 11) is 0. The molecule has 0 fully saturated rings. The number of thiol groups is 1. The molecule has 4 N–H and O–H groups in total. The van der Waals surface area contributed by atoms with E-state index in [1.165, 1.54) is 0 Å². The van der Waals surface area contributed by atoms with Gasteiger partial charge in [0.15, 0.2) is 0 Å². The number of hydrogen-bond donors (Lipinski definition) is 3. The van der Waals surface area contributed by atoms with Crippen LogP contribution in [0, 0.1) is 0 Å². The van der Waals surface area contributed by atoms with Gasteiger partial charge in [-0.15, -0.1) is 0 Å². The minimum atomic E-state index is -0.103. The predicted octanol–water partition coefficient (Wildman–Crippen LogP) is 2.88. The Labute approximate surface area is 122 Å². The highest BCUT2D eigenvalue weighted by atomic mass is 35.5. The predicted molar refractivity (Wildman–Crippen MR) is 82.5 cm³/mol. The maximum Gasteiger partial charge on any atom is 0.145 e. The number of nitrogens with two attached hydrogens (primary N) is 2. The molecule has 1 unspecified atom stereocenters. The molecule has 1 heterocycles. The number of anilines is 2. The third kappa shape index (κ3) is 3.30. The Morgan fingerprint density at radius 3 is 2.16 bits per heavy atom. The van der Waals surface area contributed by atoms with E-state index in [9.17, 15) is 0 Å². The summed E-state index contributed by atoms with van der Waals surface area (Å²) in [6.45, 7) is 1.87. The fourth-order valence-electron chi connectivity index (χ4n) is 1.71. The zero-order chi connectivity index (χ0) is 14.0. The Bertz CT molecular complexity index is 561. The van der Waals surface area contributed by atoms with Gasteiger partial charge in [0.05, 0.1) is 5.25 Å². The molecular formula is C13H15ClN4S. The van der Waals surface area contributed by atoms with Crippen molar-refractivity contribution in [1.29, 1.82) is 0 Å². The van der Waals surface area contributed by atoms with Gasteiger partial charge in [0.25, 0.3) is 0 Å². The van der Waals surface area contributed by atoms with Crippen LogP contribution in [0.5, 0.6) is 0 Å². The number of nitrogens with zero attached hydrogens (tertiary/aromatic N) is 2. The molecule has 6 heteroatoms. The SMILES string of the molecule is CC(S)c1nc(N)c(Cc2ccc(Cl)cc2)c(N)n1. The molecule has 0 aliphatic carbocycles. The van der Waals surface area contributed by atoms with Crippen LogP contribution >= 0.6 is 24.2 Å². The Morgan fingerprint density at radius 2 is 1.68 bits per heavy atom. The van der Waals surface area contributed by atoms with E-state index in [0.29, 0.717) is 28.9 Å². The monoisotopic (exact) mass is 294 g/mol. The number of nitrogen functional groups attached to an aromatic ring is 2. The van der Waals surface area contributed by atoms with Crippen LogP contribution in [0.2, 0.25) is 5.02 Å². The molecule has 0 aliphatic rings. The van der Waals surface area contributed by atoms with Gasteiger partial charge in [0, 0.05) is 17.0 Å². The number of benzene rings is 1. The highest BCUT2D eigenvalue weighted by Gasteiger charge is 2.13. The molecule has 2 aromatic rings. The van der Waals surface area contributed by atoms with Gasteiger partial charge >= 0.3 is 0 Å². The molecule has 0 spiro atoms. The van der Waals surface area contributed by atoms with Crippen molar-refractivity contribution in [2.24, 2.45) is 0 Å². The quantitative estimate of drug-likeness (QED) is 0.761. The van der Waals surface area contributed by atoms with Crippen LogP contribution in [0.1, 0.15) is 29.1 Å². The van der Waals surface area contributed by atoms with Crippen LogP contribution in [0.15, 0.2) is 24.3 Å². The number of aromatic nitrogens is 2. The molecule has 0 saturated carbocycles. The summed E-state index contributed by atoms with van der Waals surface area (Å²) in [5.41, 5.74) is 13.7. The van der Waals surface area contributed by atoms with E-state index < -0.39 is 0 Å². The van der Waals surface area contributed by atoms with E-state index in [1.54, 1.807) is 0 Å². The van der Waals surface area contributed by atoms with Gasteiger partial charge in [0.1, 0.15) is 17.5 Å². The van der Waals surface area contributed by atoms with E-state index in [0.717, 1.165) is 11.1 Å². The van der Waals surface area contributed by atoms with E-state index in [2.05, 4.69) is 22.6 Å². The van der Waals surface area contributed by atoms with E-state index in [1.807, 2.05) is 31.2 Å². The first-order valence-corrected chi connectivity index (χ1v) is 6.71. The van der Waals surface area contributed by atoms with E-state index >= 15 is 0 Å². The molecule has 19 heavy (non-hydrogen) atoms. The highest BCUT2D eigenvalue weighted by Crippen LogP contribution is 2.24. The number of hydrogen-bond acceptors (Lipinski definition) is 5. The van der Waals surface area contributed by atoms with E-state index in [-0.39, 0.29) is 5.25 Å². The normalized spacial score (nSPS) is 12.4. The van der Waals surface area contributed by atoms with Crippen LogP contribution in [0.3, 0.4) is 0 Å². The lowest BCUT2D eigenvalue weighted by Gasteiger charge is -2.11. The van der Waals surface area contributed by atoms with Gasteiger partial charge in [0.2, 0.25) is 0 Å². The molecule has 1 atom stereocenters. The van der Waals surface area contributed by atoms with Crippen LogP contribution in [-0.4, -0.2) is 9.97 Å². The fraction of sp³-hybridized carbons (Fsp3) is 0.231. The Hall–Kier alpha value is -1.46. The second-order valence-electron chi connectivity index (χ2n) is 4.31. The highest BCUT2D eigenvalue weighted by molar-refractivity contribution is 7.80. The average Bonchev–Trinajstić information content (AvgIpc) is 2.35. The standard InChI is InChI=1S/C13H15ClN4S/c1-7(19)13-17-11(15)10(12(16)18-13)6-8-2-4-9(14)5-3-8/h2-5,7,19H,6H2,1H3,(H4,15,16,17,18). The zero-order valence-electron chi connectivity index (χ0n) is 10.5. The van der Waals surface area contributed by atoms with Crippen LogP contribution in [0.4, 0.5) is 11.6 Å². The minimum absolute atomic E-state index is 0.103. The molecule has 1 aromatic heterocycles. The lowest BCUT2D eigenvalue weighted by molar-refractivity contribution is 0.920. The first kappa shape index (κ1) is 14.0. The van der Waals surface area contributed by atoms with Crippen molar-refractivity contribution >= 4 is 35.9 Å². The summed E-state index contributed by atoms with van der Waals surface area (Å²) in [6.07, 6.45) is 0.579. The molecule has 0 radical (unpaired) electrons. The summed E-state index contributed by atoms with van der Waals surface area (Å²) in [5, 5.41) is 0.592. The molecule has 2 rings (SSSR count). The summed E-state index contributed by atoms with van der Waals surface area (Å²) in [6, 6.07) is 7.51. The third-order valence-corrected chi connectivity index (χ3v) is 3.24. The molecular weight excluding hydrogens is 280 g/mol. The molecule has 0 saturated heterocycles. The molecule has 1 aromatic carbocycles. The zero-order valence-corrected chi connectivity index (χ0v) is 12.1. The Kier molecular flexibility index (Phi) is 4.17. The second kappa shape index (κ2) is 5.67. The van der Waals surface area contributed by atoms with Crippen molar-refractivity contribution in [2.75, 3.05) is 11.5 Å². The lowest BCUT2D eigenvalue weighted by atomic mass is 10.1. The first-order chi connectivity index (χ1) is 8.97. The number of halogens is 1. The van der Waals surface area contributed by atoms with Crippen LogP contribution in [-0.2, 0) is 6.42 Å². The van der Waals surface area contributed by atoms with Gasteiger partial charge in [-0.1, -0.05) is 23.7 Å². The summed E-state index contributed by atoms with van der Waals surface area (Å²) in [5.74, 6) is 1.34. The van der Waals surface area contributed by atoms with Crippen molar-refractivity contribution < 1.29 is 0 Å². The van der Waals surface area contributed by atoms with Gasteiger partial charge in [-0.05, 0) is 24.6 Å². The molecule has 4 nitrogen and oxygen atoms in total. The van der Waals surface area contributed by atoms with Gasteiger partial charge in [-0.3, -0.25) is 0 Å². The lowest BCUT2D eigenvalue weighted by Crippen LogP contribution is -2.10. The summed E-state index contributed by atoms with van der Waals surface area (Å²) >= 11 is 10.1. The Morgan fingerprint density at radius 1 is 1.16 bits per heavy atom. The van der Waals surface area contributed by atoms with Crippen LogP contribution in [0.25, 0.3) is 0 Å². The van der Waals surface area contributed by atoms with Gasteiger partial charge < -0.3 is 11.5 Å². The molecule has 0 amide bonds. The maximum atomic E-state index is 5.95. The molecule has 0 aliphatic heterocycles. The van der Waals surface area contributed by atoms with Crippen molar-refractivity contribution in [3.63, 3.8) is 0 Å². The fourth-order valence-corrected chi connectivity index (χ4v) is 1.95. The second-order valence-corrected chi connectivity index (χ2v) is 5.52. The van der Waals surface area contributed by atoms with Gasteiger partial charge in [-0.2, -0.15) is 12.6 Å². The third-order valence-electron chi connectivity index (χ3n) is 2.76. The largest absolute Gasteiger partial charge is 0.383 e. The smallest absolute Gasteiger partial charge is 0.145 e. The van der Waals surface area contributed by atoms with Crippen molar-refractivity contribution in [3.05, 3.63) is 46.2 Å².